The van der Waals surface area contributed by atoms with Gasteiger partial charge in [-0.3, -0.25) is 4.79 Å². The van der Waals surface area contributed by atoms with Crippen molar-refractivity contribution in [3.63, 3.8) is 0 Å². The van der Waals surface area contributed by atoms with Gasteiger partial charge in [-0.25, -0.2) is 0 Å². The van der Waals surface area contributed by atoms with Crippen LogP contribution in [0.3, 0.4) is 0 Å². The van der Waals surface area contributed by atoms with E-state index in [4.69, 9.17) is 0 Å². The molecule has 2 aromatic carbocycles. The molecule has 0 saturated carbocycles. The number of carbonyl (C=O) groups excluding carboxylic acids is 1. The van der Waals surface area contributed by atoms with Crippen LogP contribution in [0.25, 0.3) is 0 Å². The molecular formula is C22H27ClN2O. The summed E-state index contributed by atoms with van der Waals surface area (Å²) in [7, 11) is 0. The largest absolute Gasteiger partial charge is 0.335 e. The Bertz CT molecular complexity index is 728. The molecule has 1 saturated heterocycles. The molecule has 0 aliphatic carbocycles. The Morgan fingerprint density at radius 1 is 1.00 bits per heavy atom. The van der Waals surface area contributed by atoms with Crippen LogP contribution in [0.15, 0.2) is 54.6 Å². The number of halogens is 1. The quantitative estimate of drug-likeness (QED) is 0.891. The summed E-state index contributed by atoms with van der Waals surface area (Å²) in [5.41, 5.74) is 4.03. The number of amides is 1. The van der Waals surface area contributed by atoms with Gasteiger partial charge in [0.15, 0.2) is 0 Å². The number of rotatable bonds is 3. The molecule has 0 aromatic heterocycles. The van der Waals surface area contributed by atoms with Crippen LogP contribution in [0.2, 0.25) is 0 Å². The van der Waals surface area contributed by atoms with Crippen molar-refractivity contribution in [1.82, 2.24) is 10.2 Å². The molecule has 1 amide bonds. The van der Waals surface area contributed by atoms with E-state index in [1.165, 1.54) is 16.7 Å². The maximum Gasteiger partial charge on any atom is 0.226 e. The van der Waals surface area contributed by atoms with Gasteiger partial charge in [0, 0.05) is 12.5 Å². The highest BCUT2D eigenvalue weighted by atomic mass is 35.5. The van der Waals surface area contributed by atoms with Crippen LogP contribution in [-0.2, 0) is 17.6 Å². The fraction of sp³-hybridized carbons (Fsp3) is 0.409. The topological polar surface area (TPSA) is 32.3 Å². The molecule has 0 bridgehead atoms. The third kappa shape index (κ3) is 3.94. The number of nitrogens with one attached hydrogen (secondary N) is 1. The highest BCUT2D eigenvalue weighted by molar-refractivity contribution is 5.85. The van der Waals surface area contributed by atoms with Crippen molar-refractivity contribution in [3.8, 4) is 0 Å². The molecule has 1 unspecified atom stereocenters. The average Bonchev–Trinajstić information content (AvgIpc) is 2.69. The van der Waals surface area contributed by atoms with E-state index in [1.54, 1.807) is 0 Å². The number of nitrogens with zero attached hydrogens (tertiary/aromatic N) is 1. The van der Waals surface area contributed by atoms with Crippen molar-refractivity contribution in [2.45, 2.75) is 31.7 Å². The van der Waals surface area contributed by atoms with E-state index in [0.717, 1.165) is 45.3 Å². The van der Waals surface area contributed by atoms with Gasteiger partial charge in [0.2, 0.25) is 5.91 Å². The maximum absolute atomic E-state index is 13.3. The highest BCUT2D eigenvalue weighted by Gasteiger charge is 2.34. The summed E-state index contributed by atoms with van der Waals surface area (Å²) in [6.07, 6.45) is 3.80. The summed E-state index contributed by atoms with van der Waals surface area (Å²) in [6.45, 7) is 2.77. The molecule has 0 spiro atoms. The van der Waals surface area contributed by atoms with Gasteiger partial charge in [-0.1, -0.05) is 54.6 Å². The van der Waals surface area contributed by atoms with Crippen molar-refractivity contribution in [1.29, 1.82) is 0 Å². The Morgan fingerprint density at radius 3 is 2.46 bits per heavy atom. The Kier molecular flexibility index (Phi) is 6.33. The van der Waals surface area contributed by atoms with Gasteiger partial charge in [-0.15, -0.1) is 12.4 Å². The van der Waals surface area contributed by atoms with Crippen molar-refractivity contribution in [3.05, 3.63) is 71.3 Å². The van der Waals surface area contributed by atoms with Crippen molar-refractivity contribution >= 4 is 18.3 Å². The van der Waals surface area contributed by atoms with Gasteiger partial charge < -0.3 is 10.2 Å². The minimum Gasteiger partial charge on any atom is -0.335 e. The van der Waals surface area contributed by atoms with E-state index in [1.807, 2.05) is 0 Å². The fourth-order valence-electron chi connectivity index (χ4n) is 4.28. The minimum absolute atomic E-state index is 0. The SMILES string of the molecule is Cl.O=C(C1CCNCC1)N1CCc2ccccc2C1Cc1ccccc1. The summed E-state index contributed by atoms with van der Waals surface area (Å²) in [6, 6.07) is 19.4. The van der Waals surface area contributed by atoms with Gasteiger partial charge in [-0.05, 0) is 55.5 Å². The molecule has 2 aromatic rings. The number of piperidine rings is 1. The number of benzene rings is 2. The lowest BCUT2D eigenvalue weighted by atomic mass is 9.86. The van der Waals surface area contributed by atoms with E-state index in [2.05, 4.69) is 64.8 Å². The Morgan fingerprint density at radius 2 is 1.69 bits per heavy atom. The van der Waals surface area contributed by atoms with Crippen LogP contribution in [0, 0.1) is 5.92 Å². The first-order chi connectivity index (χ1) is 12.3. The van der Waals surface area contributed by atoms with Crippen LogP contribution in [0.1, 0.15) is 35.6 Å². The van der Waals surface area contributed by atoms with Gasteiger partial charge in [0.05, 0.1) is 6.04 Å². The molecule has 0 radical (unpaired) electrons. The Hall–Kier alpha value is -1.84. The van der Waals surface area contributed by atoms with Crippen molar-refractivity contribution in [2.75, 3.05) is 19.6 Å². The summed E-state index contributed by atoms with van der Waals surface area (Å²) in [5.74, 6) is 0.543. The molecule has 138 valence electrons. The molecule has 2 heterocycles. The molecule has 2 aliphatic rings. The number of hydrogen-bond donors (Lipinski definition) is 1. The third-order valence-corrected chi connectivity index (χ3v) is 5.66. The smallest absolute Gasteiger partial charge is 0.226 e. The van der Waals surface area contributed by atoms with Gasteiger partial charge in [-0.2, -0.15) is 0 Å². The van der Waals surface area contributed by atoms with E-state index >= 15 is 0 Å². The molecule has 1 fully saturated rings. The summed E-state index contributed by atoms with van der Waals surface area (Å²) >= 11 is 0. The predicted octanol–water partition coefficient (Wildman–Crippen LogP) is 3.78. The Balaban J connectivity index is 0.00000196. The maximum atomic E-state index is 13.3. The molecule has 1 atom stereocenters. The standard InChI is InChI=1S/C22H26N2O.ClH/c25-22(19-10-13-23-14-11-19)24-15-12-18-8-4-5-9-20(18)21(24)16-17-6-2-1-3-7-17;/h1-9,19,21,23H,10-16H2;1H. The zero-order valence-electron chi connectivity index (χ0n) is 15.1. The minimum atomic E-state index is 0. The first kappa shape index (κ1) is 18.9. The molecule has 3 nitrogen and oxygen atoms in total. The van der Waals surface area contributed by atoms with Crippen molar-refractivity contribution in [2.24, 2.45) is 5.92 Å². The Labute approximate surface area is 162 Å². The summed E-state index contributed by atoms with van der Waals surface area (Å²) in [4.78, 5) is 15.4. The fourth-order valence-corrected chi connectivity index (χ4v) is 4.28. The van der Waals surface area contributed by atoms with E-state index < -0.39 is 0 Å². The van der Waals surface area contributed by atoms with Gasteiger partial charge in [0.25, 0.3) is 0 Å². The van der Waals surface area contributed by atoms with E-state index in [0.29, 0.717) is 5.91 Å². The van der Waals surface area contributed by atoms with Crippen LogP contribution >= 0.6 is 12.4 Å². The van der Waals surface area contributed by atoms with Crippen LogP contribution in [-0.4, -0.2) is 30.4 Å². The monoisotopic (exact) mass is 370 g/mol. The molecule has 4 heteroatoms. The number of hydrogen-bond acceptors (Lipinski definition) is 2. The third-order valence-electron chi connectivity index (χ3n) is 5.66. The second-order valence-electron chi connectivity index (χ2n) is 7.21. The second-order valence-corrected chi connectivity index (χ2v) is 7.21. The molecule has 2 aliphatic heterocycles. The zero-order chi connectivity index (χ0) is 17.1. The van der Waals surface area contributed by atoms with E-state index in [9.17, 15) is 4.79 Å². The average molecular weight is 371 g/mol. The predicted molar refractivity (Wildman–Crippen MR) is 108 cm³/mol. The first-order valence-corrected chi connectivity index (χ1v) is 9.46. The van der Waals surface area contributed by atoms with E-state index in [-0.39, 0.29) is 24.4 Å². The molecule has 1 N–H and O–H groups in total. The lowest BCUT2D eigenvalue weighted by molar-refractivity contribution is -0.139. The molecule has 4 rings (SSSR count). The lowest BCUT2D eigenvalue weighted by Gasteiger charge is -2.40. The summed E-state index contributed by atoms with van der Waals surface area (Å²) < 4.78 is 0. The van der Waals surface area contributed by atoms with Crippen LogP contribution in [0.4, 0.5) is 0 Å². The summed E-state index contributed by atoms with van der Waals surface area (Å²) in [5, 5.41) is 3.37. The molecule has 26 heavy (non-hydrogen) atoms. The van der Waals surface area contributed by atoms with Crippen LogP contribution in [0.5, 0.6) is 0 Å². The highest BCUT2D eigenvalue weighted by Crippen LogP contribution is 2.34. The number of fused-ring (bicyclic) bond motifs is 1. The second kappa shape index (κ2) is 8.70. The zero-order valence-corrected chi connectivity index (χ0v) is 15.9. The van der Waals surface area contributed by atoms with Gasteiger partial charge >= 0.3 is 0 Å². The molecular weight excluding hydrogens is 344 g/mol. The number of carbonyl (C=O) groups is 1. The first-order valence-electron chi connectivity index (χ1n) is 9.46. The lowest BCUT2D eigenvalue weighted by Crippen LogP contribution is -2.46. The normalized spacial score (nSPS) is 20.2. The van der Waals surface area contributed by atoms with Crippen molar-refractivity contribution < 1.29 is 4.79 Å². The van der Waals surface area contributed by atoms with Crippen LogP contribution < -0.4 is 5.32 Å². The van der Waals surface area contributed by atoms with Gasteiger partial charge in [0.1, 0.15) is 0 Å².